The highest BCUT2D eigenvalue weighted by Crippen LogP contribution is 2.23. The molecule has 0 aromatic heterocycles. The van der Waals surface area contributed by atoms with Gasteiger partial charge < -0.3 is 89.4 Å². The van der Waals surface area contributed by atoms with E-state index in [4.69, 9.17) is 10.5 Å². The molecule has 13 amide bonds. The van der Waals surface area contributed by atoms with E-state index in [0.717, 1.165) is 6.42 Å². The van der Waals surface area contributed by atoms with Crippen molar-refractivity contribution in [2.75, 3.05) is 13.1 Å². The molecule has 16 N–H and O–H groups in total. The topological polar surface area (TPSA) is 479 Å². The van der Waals surface area contributed by atoms with Crippen molar-refractivity contribution in [3.8, 4) is 0 Å². The molecule has 0 aliphatic carbocycles. The van der Waals surface area contributed by atoms with Gasteiger partial charge in [-0.25, -0.2) is 4.79 Å². The summed E-state index contributed by atoms with van der Waals surface area (Å²) in [5.41, 5.74) is 6.30. The summed E-state index contributed by atoms with van der Waals surface area (Å²) in [5, 5.41) is 52.2. The molecule has 0 bridgehead atoms. The molecule has 32 nitrogen and oxygen atoms in total. The van der Waals surface area contributed by atoms with E-state index in [2.05, 4.69) is 63.8 Å². The molecule has 2 aliphatic rings. The fraction of sp³-hybridized carbons (Fsp3) is 0.693. The number of hydrogen-bond acceptors (Lipinski definition) is 18. The maximum atomic E-state index is 15.0. The standard InChI is InChI=1S/C75H122N14O18/c1-18-43(14)59(71(102)88-62-46(17)107-75(106)58(42(12)13)84-63(94)48(20-3)77-66(97)51(37-47-28-22-21-23-29-47)80-68(99)56(40(8)9)82-70(101)60(44(15)19-2)86-73(62)104)85-64(95)49(30-25-35-76)78-67(98)52-31-26-36-89(52)74(105)57(41(10)11)83-65(96)50(33-34-54(92)93)79-72(103)61(45(16)90)87-69(100)55(39(6)7)81-53(91)32-24-27-38(4)5/h20-23,28-29,38-46,49-52,55-62,90H,18-19,24-27,30-37,76H2,1-17H3,(H,77,97)(H,78,98)(H,79,103)(H,80,99)(H,81,91)(H,82,101)(H,83,96)(H,84,94)(H,85,95)(H,86,104)(H,87,100)(H,88,102)(H,92,93)/b48-20-/t43-,44-,45+,46+,49-,50-,51-,52+,55+,56+,57+,58-,59+,60+,61-,62+/m0/s1. The number of amides is 13. The third kappa shape index (κ3) is 28.9. The fourth-order valence-electron chi connectivity index (χ4n) is 12.2. The quantitative estimate of drug-likeness (QED) is 0.0333. The highest BCUT2D eigenvalue weighted by atomic mass is 16.5. The lowest BCUT2D eigenvalue weighted by atomic mass is 9.95. The van der Waals surface area contributed by atoms with Crippen LogP contribution in [-0.2, 0) is 83.1 Å². The molecule has 16 atom stereocenters. The average molecular weight is 1510 g/mol. The van der Waals surface area contributed by atoms with E-state index >= 15 is 9.59 Å². The van der Waals surface area contributed by atoms with Crippen molar-refractivity contribution in [2.45, 2.75) is 279 Å². The lowest BCUT2D eigenvalue weighted by Crippen LogP contribution is -2.64. The van der Waals surface area contributed by atoms with Crippen LogP contribution in [0.3, 0.4) is 0 Å². The van der Waals surface area contributed by atoms with Gasteiger partial charge in [-0.3, -0.25) is 67.1 Å². The van der Waals surface area contributed by atoms with Crippen molar-refractivity contribution >= 4 is 88.7 Å². The number of carbonyl (C=O) groups is 15. The molecule has 1 aromatic rings. The Hall–Kier alpha value is -9.07. The predicted octanol–water partition coefficient (Wildman–Crippen LogP) is 1.05. The number of carboxylic acids is 1. The molecule has 0 unspecified atom stereocenters. The molecule has 2 saturated heterocycles. The molecule has 3 rings (SSSR count). The number of likely N-dealkylation sites (tertiary alicyclic amines) is 1. The Morgan fingerprint density at radius 2 is 1.19 bits per heavy atom. The molecular formula is C75H122N14O18. The van der Waals surface area contributed by atoms with Gasteiger partial charge in [-0.05, 0) is 113 Å². The second kappa shape index (κ2) is 44.9. The minimum absolute atomic E-state index is 0.00296. The second-order valence-electron chi connectivity index (χ2n) is 29.9. The largest absolute Gasteiger partial charge is 0.481 e. The second-order valence-corrected chi connectivity index (χ2v) is 29.9. The summed E-state index contributed by atoms with van der Waals surface area (Å²) in [6.45, 7) is 27.8. The smallest absolute Gasteiger partial charge is 0.329 e. The number of esters is 1. The monoisotopic (exact) mass is 1510 g/mol. The van der Waals surface area contributed by atoms with Crippen LogP contribution < -0.4 is 69.5 Å². The van der Waals surface area contributed by atoms with E-state index in [1.54, 1.807) is 113 Å². The molecule has 1 aromatic carbocycles. The summed E-state index contributed by atoms with van der Waals surface area (Å²) in [5.74, 6) is -17.0. The van der Waals surface area contributed by atoms with E-state index < -0.39 is 222 Å². The molecule has 2 fully saturated rings. The number of allylic oxidation sites excluding steroid dienone is 1. The Morgan fingerprint density at radius 3 is 1.73 bits per heavy atom. The van der Waals surface area contributed by atoms with Crippen LogP contribution in [0, 0.1) is 41.4 Å². The van der Waals surface area contributed by atoms with Gasteiger partial charge in [-0.1, -0.05) is 153 Å². The first-order valence-electron chi connectivity index (χ1n) is 37.7. The van der Waals surface area contributed by atoms with Gasteiger partial charge in [0.05, 0.1) is 6.10 Å². The number of benzene rings is 1. The highest BCUT2D eigenvalue weighted by Gasteiger charge is 2.44. The number of nitrogens with two attached hydrogens (primary N) is 1. The lowest BCUT2D eigenvalue weighted by Gasteiger charge is -2.33. The average Bonchev–Trinajstić information content (AvgIpc) is 1.74. The third-order valence-electron chi connectivity index (χ3n) is 19.3. The van der Waals surface area contributed by atoms with E-state index in [9.17, 15) is 72.5 Å². The van der Waals surface area contributed by atoms with Crippen LogP contribution in [0.1, 0.15) is 194 Å². The fourth-order valence-corrected chi connectivity index (χ4v) is 12.2. The van der Waals surface area contributed by atoms with Crippen LogP contribution in [0.25, 0.3) is 0 Å². The molecule has 32 heteroatoms. The van der Waals surface area contributed by atoms with Gasteiger partial charge in [0.15, 0.2) is 0 Å². The summed E-state index contributed by atoms with van der Waals surface area (Å²) in [4.78, 5) is 214. The molecule has 2 heterocycles. The van der Waals surface area contributed by atoms with E-state index in [1.807, 2.05) is 13.8 Å². The van der Waals surface area contributed by atoms with E-state index in [-0.39, 0.29) is 63.7 Å². The Bertz CT molecular complexity index is 3250. The molecular weight excluding hydrogens is 1380 g/mol. The van der Waals surface area contributed by atoms with Crippen LogP contribution in [-0.4, -0.2) is 202 Å². The lowest BCUT2D eigenvalue weighted by molar-refractivity contribution is -0.157. The first-order chi connectivity index (χ1) is 50.2. The maximum absolute atomic E-state index is 15.0. The number of cyclic esters (lactones) is 1. The van der Waals surface area contributed by atoms with Crippen LogP contribution in [0.5, 0.6) is 0 Å². The van der Waals surface area contributed by atoms with Crippen molar-refractivity contribution < 1.29 is 86.9 Å². The molecule has 0 spiro atoms. The number of aliphatic hydroxyl groups is 1. The SMILES string of the molecule is C/C=C1\NC(=O)[C@H](Cc2ccccc2)NC(=O)[C@@H](C(C)C)NC(=O)[C@@H]([C@@H](C)CC)NC(=O)[C@H](NC(=O)[C@H](NC(=O)[C@H](CCCN)NC(=O)[C@H]2CCCN2C(=O)[C@H](NC(=O)[C@H](CCC(=O)O)NC(=O)[C@@H](NC(=O)[C@H](NC(=O)CCCC(C)C)C(C)C)[C@@H](C)O)C(C)C)[C@@H](C)CC)[C@@H](C)OC(=O)[C@H](C(C)C)NC1=O. The van der Waals surface area contributed by atoms with Crippen LogP contribution >= 0.6 is 0 Å². The third-order valence-corrected chi connectivity index (χ3v) is 19.3. The zero-order chi connectivity index (χ0) is 80.9. The Labute approximate surface area is 629 Å². The molecule has 600 valence electrons. The Balaban J connectivity index is 2.02. The zero-order valence-corrected chi connectivity index (χ0v) is 65.4. The van der Waals surface area contributed by atoms with Gasteiger partial charge in [-0.2, -0.15) is 0 Å². The zero-order valence-electron chi connectivity index (χ0n) is 65.4. The summed E-state index contributed by atoms with van der Waals surface area (Å²) in [7, 11) is 0. The summed E-state index contributed by atoms with van der Waals surface area (Å²) < 4.78 is 5.95. The van der Waals surface area contributed by atoms with E-state index in [1.165, 1.54) is 31.7 Å². The Morgan fingerprint density at radius 1 is 0.617 bits per heavy atom. The van der Waals surface area contributed by atoms with E-state index in [0.29, 0.717) is 24.3 Å². The van der Waals surface area contributed by atoms with Gasteiger partial charge in [0, 0.05) is 25.8 Å². The van der Waals surface area contributed by atoms with Crippen LogP contribution in [0.15, 0.2) is 42.1 Å². The summed E-state index contributed by atoms with van der Waals surface area (Å²) in [6, 6.07) is -8.66. The number of aliphatic carboxylic acids is 1. The number of carbonyl (C=O) groups excluding carboxylic acids is 14. The number of carboxylic acid groups (broad SMARTS) is 1. The van der Waals surface area contributed by atoms with Gasteiger partial charge in [-0.15, -0.1) is 0 Å². The van der Waals surface area contributed by atoms with Gasteiger partial charge in [0.2, 0.25) is 70.9 Å². The molecule has 2 aliphatic heterocycles. The number of ether oxygens (including phenoxy) is 1. The van der Waals surface area contributed by atoms with Crippen LogP contribution in [0.4, 0.5) is 0 Å². The summed E-state index contributed by atoms with van der Waals surface area (Å²) in [6.07, 6.45) is -0.667. The van der Waals surface area contributed by atoms with Crippen molar-refractivity contribution in [1.29, 1.82) is 0 Å². The number of hydrogen-bond donors (Lipinski definition) is 15. The van der Waals surface area contributed by atoms with Gasteiger partial charge in [0.1, 0.15) is 84.3 Å². The normalized spacial score (nSPS) is 22.3. The Kier molecular flexibility index (Phi) is 38.7. The van der Waals surface area contributed by atoms with Crippen LogP contribution in [0.2, 0.25) is 0 Å². The predicted molar refractivity (Wildman–Crippen MR) is 397 cm³/mol. The molecule has 0 saturated carbocycles. The van der Waals surface area contributed by atoms with Crippen molar-refractivity contribution in [3.05, 3.63) is 47.7 Å². The summed E-state index contributed by atoms with van der Waals surface area (Å²) >= 11 is 0. The van der Waals surface area contributed by atoms with Gasteiger partial charge >= 0.3 is 11.9 Å². The molecule has 107 heavy (non-hydrogen) atoms. The van der Waals surface area contributed by atoms with Crippen molar-refractivity contribution in [2.24, 2.45) is 47.2 Å². The first-order valence-corrected chi connectivity index (χ1v) is 37.7. The minimum atomic E-state index is -1.85. The first kappa shape index (κ1) is 92.1. The molecule has 0 radical (unpaired) electrons. The van der Waals surface area contributed by atoms with Crippen molar-refractivity contribution in [3.63, 3.8) is 0 Å². The van der Waals surface area contributed by atoms with Gasteiger partial charge in [0.25, 0.3) is 5.91 Å². The number of nitrogens with one attached hydrogen (secondary N) is 12. The number of rotatable bonds is 35. The minimum Gasteiger partial charge on any atom is -0.481 e. The van der Waals surface area contributed by atoms with Crippen molar-refractivity contribution in [1.82, 2.24) is 68.7 Å². The maximum Gasteiger partial charge on any atom is 0.329 e. The highest BCUT2D eigenvalue weighted by molar-refractivity contribution is 6.03. The number of aliphatic hydroxyl groups excluding tert-OH is 1. The number of nitrogens with zero attached hydrogens (tertiary/aromatic N) is 1.